The van der Waals surface area contributed by atoms with Crippen molar-refractivity contribution in [2.45, 2.75) is 70.3 Å². The Morgan fingerprint density at radius 2 is 1.97 bits per heavy atom. The minimum atomic E-state index is -0.735. The van der Waals surface area contributed by atoms with Gasteiger partial charge in [-0.05, 0) is 92.2 Å². The normalized spacial score (nSPS) is 37.9. The lowest BCUT2D eigenvalue weighted by Gasteiger charge is -2.53. The van der Waals surface area contributed by atoms with Crippen LogP contribution in [0.5, 0.6) is 11.5 Å². The predicted octanol–water partition coefficient (Wildman–Crippen LogP) is 5.62. The smallest absolute Gasteiger partial charge is 0.231 e. The molecule has 1 heterocycles. The summed E-state index contributed by atoms with van der Waals surface area (Å²) in [6.45, 7) is 4.57. The van der Waals surface area contributed by atoms with Gasteiger partial charge in [0, 0.05) is 17.8 Å². The van der Waals surface area contributed by atoms with Crippen molar-refractivity contribution in [1.82, 2.24) is 0 Å². The van der Waals surface area contributed by atoms with Crippen LogP contribution in [0, 0.1) is 17.3 Å². The second kappa shape index (κ2) is 7.08. The average Bonchev–Trinajstić information content (AvgIpc) is 3.35. The zero-order chi connectivity index (χ0) is 22.1. The monoisotopic (exact) mass is 432 g/mol. The van der Waals surface area contributed by atoms with Gasteiger partial charge in [0.05, 0.1) is 5.60 Å². The molecular weight excluding hydrogens is 400 g/mol. The standard InChI is InChI=1S/C28H32O4/c1-3-11-27(2)12-10-23-21-7-4-17-13-19(29)6-8-20(17)26(21)22(15-28(23,27)30)18-5-9-24-25(14-18)32-16-31-24/h3,5,9,11,13-14,21-23,30H,4,6-8,10,12,15-16H2,1-2H3/t21?,22?,23?,27-,28-/m1/s1. The Morgan fingerprint density at radius 1 is 1.12 bits per heavy atom. The number of carbonyl (C=O) groups excluding carboxylic acids is 1. The summed E-state index contributed by atoms with van der Waals surface area (Å²) >= 11 is 0. The minimum absolute atomic E-state index is 0.130. The van der Waals surface area contributed by atoms with Gasteiger partial charge in [-0.3, -0.25) is 4.79 Å². The summed E-state index contributed by atoms with van der Waals surface area (Å²) in [7, 11) is 0. The number of ether oxygens (including phenoxy) is 2. The molecule has 1 aromatic rings. The summed E-state index contributed by atoms with van der Waals surface area (Å²) < 4.78 is 11.3. The van der Waals surface area contributed by atoms with E-state index in [0.29, 0.717) is 18.8 Å². The summed E-state index contributed by atoms with van der Waals surface area (Å²) in [4.78, 5) is 12.2. The van der Waals surface area contributed by atoms with Crippen molar-refractivity contribution < 1.29 is 19.4 Å². The van der Waals surface area contributed by atoms with E-state index < -0.39 is 5.60 Å². The Labute approximate surface area is 190 Å². The summed E-state index contributed by atoms with van der Waals surface area (Å²) in [6, 6.07) is 6.29. The largest absolute Gasteiger partial charge is 0.454 e. The van der Waals surface area contributed by atoms with Gasteiger partial charge in [-0.1, -0.05) is 30.7 Å². The average molecular weight is 433 g/mol. The van der Waals surface area contributed by atoms with Gasteiger partial charge in [0.15, 0.2) is 17.3 Å². The fourth-order valence-corrected chi connectivity index (χ4v) is 7.59. The summed E-state index contributed by atoms with van der Waals surface area (Å²) in [5.74, 6) is 2.63. The van der Waals surface area contributed by atoms with E-state index in [1.807, 2.05) is 12.1 Å². The molecule has 0 aromatic heterocycles. The maximum Gasteiger partial charge on any atom is 0.231 e. The van der Waals surface area contributed by atoms with E-state index >= 15 is 0 Å². The van der Waals surface area contributed by atoms with Crippen molar-refractivity contribution in [2.75, 3.05) is 6.79 Å². The molecule has 5 atom stereocenters. The fourth-order valence-electron chi connectivity index (χ4n) is 7.59. The molecular formula is C28H32O4. The first-order valence-electron chi connectivity index (χ1n) is 12.2. The molecule has 1 N–H and O–H groups in total. The van der Waals surface area contributed by atoms with Crippen LogP contribution in [0.25, 0.3) is 0 Å². The van der Waals surface area contributed by atoms with E-state index in [1.54, 1.807) is 0 Å². The third-order valence-electron chi connectivity index (χ3n) is 9.10. The van der Waals surface area contributed by atoms with E-state index in [1.165, 1.54) is 22.3 Å². The van der Waals surface area contributed by atoms with Gasteiger partial charge in [0.1, 0.15) is 0 Å². The van der Waals surface area contributed by atoms with Gasteiger partial charge < -0.3 is 14.6 Å². The SMILES string of the molecule is CC=C[C@]1(C)CCC2C3CCC4=CC(=O)CCC4=C3C(c3ccc4c(c3)OCO4)C[C@@]21O. The second-order valence-electron chi connectivity index (χ2n) is 10.6. The van der Waals surface area contributed by atoms with E-state index in [0.717, 1.165) is 43.6 Å². The number of allylic oxidation sites excluding steroid dienone is 5. The molecule has 0 saturated heterocycles. The zero-order valence-corrected chi connectivity index (χ0v) is 19.0. The highest BCUT2D eigenvalue weighted by Crippen LogP contribution is 2.65. The summed E-state index contributed by atoms with van der Waals surface area (Å²) in [5, 5.41) is 12.4. The van der Waals surface area contributed by atoms with Crippen LogP contribution in [0.4, 0.5) is 0 Å². The molecule has 32 heavy (non-hydrogen) atoms. The van der Waals surface area contributed by atoms with Crippen molar-refractivity contribution in [1.29, 1.82) is 0 Å². The zero-order valence-electron chi connectivity index (χ0n) is 19.0. The Kier molecular flexibility index (Phi) is 4.49. The summed E-state index contributed by atoms with van der Waals surface area (Å²) in [6.07, 6.45) is 12.5. The molecule has 2 saturated carbocycles. The number of hydrogen-bond donors (Lipinski definition) is 1. The molecule has 0 spiro atoms. The Balaban J connectivity index is 1.53. The third kappa shape index (κ3) is 2.75. The van der Waals surface area contributed by atoms with Crippen LogP contribution >= 0.6 is 0 Å². The van der Waals surface area contributed by atoms with Crippen LogP contribution in [-0.4, -0.2) is 23.3 Å². The minimum Gasteiger partial charge on any atom is -0.454 e. The first-order chi connectivity index (χ1) is 15.4. The van der Waals surface area contributed by atoms with E-state index in [4.69, 9.17) is 9.47 Å². The van der Waals surface area contributed by atoms with Crippen LogP contribution in [0.2, 0.25) is 0 Å². The number of aliphatic hydroxyl groups is 1. The molecule has 5 aliphatic rings. The quantitative estimate of drug-likeness (QED) is 0.616. The third-order valence-corrected chi connectivity index (χ3v) is 9.10. The molecule has 0 bridgehead atoms. The molecule has 4 nitrogen and oxygen atoms in total. The second-order valence-corrected chi connectivity index (χ2v) is 10.6. The first-order valence-corrected chi connectivity index (χ1v) is 12.2. The van der Waals surface area contributed by atoms with Crippen molar-refractivity contribution in [3.8, 4) is 11.5 Å². The first kappa shape index (κ1) is 20.3. The number of benzene rings is 1. The van der Waals surface area contributed by atoms with Crippen LogP contribution in [0.1, 0.15) is 70.3 Å². The molecule has 1 aliphatic heterocycles. The topological polar surface area (TPSA) is 55.8 Å². The van der Waals surface area contributed by atoms with Gasteiger partial charge in [-0.2, -0.15) is 0 Å². The molecule has 168 valence electrons. The van der Waals surface area contributed by atoms with E-state index in [9.17, 15) is 9.90 Å². The lowest BCUT2D eigenvalue weighted by Crippen LogP contribution is -2.53. The fraction of sp³-hybridized carbons (Fsp3) is 0.536. The van der Waals surface area contributed by atoms with Crippen LogP contribution in [0.3, 0.4) is 0 Å². The van der Waals surface area contributed by atoms with E-state index in [-0.39, 0.29) is 29.8 Å². The lowest BCUT2D eigenvalue weighted by atomic mass is 9.53. The van der Waals surface area contributed by atoms with Gasteiger partial charge in [-0.15, -0.1) is 0 Å². The molecule has 3 unspecified atom stereocenters. The van der Waals surface area contributed by atoms with Gasteiger partial charge in [-0.25, -0.2) is 0 Å². The number of carbonyl (C=O) groups is 1. The Bertz CT molecular complexity index is 1080. The van der Waals surface area contributed by atoms with Crippen LogP contribution in [-0.2, 0) is 4.79 Å². The molecule has 6 rings (SSSR count). The van der Waals surface area contributed by atoms with E-state index in [2.05, 4.69) is 38.1 Å². The number of rotatable bonds is 2. The van der Waals surface area contributed by atoms with Gasteiger partial charge in [0.25, 0.3) is 0 Å². The predicted molar refractivity (Wildman–Crippen MR) is 123 cm³/mol. The van der Waals surface area contributed by atoms with Crippen LogP contribution in [0.15, 0.2) is 53.1 Å². The number of ketones is 1. The molecule has 4 aliphatic carbocycles. The molecule has 4 heteroatoms. The highest BCUT2D eigenvalue weighted by molar-refractivity contribution is 5.93. The highest BCUT2D eigenvalue weighted by atomic mass is 16.7. The molecule has 0 amide bonds. The van der Waals surface area contributed by atoms with Crippen molar-refractivity contribution in [3.05, 3.63) is 58.7 Å². The Morgan fingerprint density at radius 3 is 2.81 bits per heavy atom. The van der Waals surface area contributed by atoms with Gasteiger partial charge >= 0.3 is 0 Å². The molecule has 2 fully saturated rings. The van der Waals surface area contributed by atoms with Crippen molar-refractivity contribution in [3.63, 3.8) is 0 Å². The number of hydrogen-bond acceptors (Lipinski definition) is 4. The van der Waals surface area contributed by atoms with Crippen LogP contribution < -0.4 is 9.47 Å². The number of fused-ring (bicyclic) bond motifs is 5. The lowest BCUT2D eigenvalue weighted by molar-refractivity contribution is -0.115. The van der Waals surface area contributed by atoms with Crippen molar-refractivity contribution in [2.24, 2.45) is 17.3 Å². The highest BCUT2D eigenvalue weighted by Gasteiger charge is 2.62. The maximum absolute atomic E-state index is 12.4. The van der Waals surface area contributed by atoms with Gasteiger partial charge in [0.2, 0.25) is 6.79 Å². The summed E-state index contributed by atoms with van der Waals surface area (Å²) in [5.41, 5.74) is 4.40. The Hall–Kier alpha value is -2.33. The maximum atomic E-state index is 12.4. The molecule has 0 radical (unpaired) electrons. The molecule has 1 aromatic carbocycles. The van der Waals surface area contributed by atoms with Crippen molar-refractivity contribution >= 4 is 5.78 Å².